The van der Waals surface area contributed by atoms with Gasteiger partial charge < -0.3 is 35.8 Å². The molecule has 38 heavy (non-hydrogen) atoms. The van der Waals surface area contributed by atoms with E-state index in [0.29, 0.717) is 17.5 Å². The largest absolute Gasteiger partial charge is 0.508 e. The maximum atomic E-state index is 13.8. The van der Waals surface area contributed by atoms with Crippen molar-refractivity contribution < 1.29 is 38.6 Å². The van der Waals surface area contributed by atoms with Crippen LogP contribution in [-0.4, -0.2) is 71.1 Å². The molecule has 0 fully saturated rings. The Morgan fingerprint density at radius 2 is 1.79 bits per heavy atom. The fourth-order valence-corrected chi connectivity index (χ4v) is 3.60. The fraction of sp³-hybridized carbons (Fsp3) is 0.577. The third kappa shape index (κ3) is 10.7. The molecule has 1 aromatic carbocycles. The van der Waals surface area contributed by atoms with Gasteiger partial charge >= 0.3 is 12.1 Å². The van der Waals surface area contributed by atoms with Crippen molar-refractivity contribution in [2.45, 2.75) is 78.5 Å². The first-order valence-corrected chi connectivity index (χ1v) is 12.5. The number of nitrogens with two attached hydrogens (primary N) is 1. The molecular weight excluding hydrogens is 496 g/mol. The standard InChI is InChI=1S/C26H40N4O8/c1-7-13-30(24(35)18(15-20(27)32)29-25(36)38-26(4,5)6)22(17-9-10-19(31)16(3)14-17)23(34)28-12-11-21(33)37-8-2/h9-10,14,18,22,31H,7-8,11-13,15H2,1-6H3,(H2,27,32)(H,28,34)(H,29,36). The van der Waals surface area contributed by atoms with E-state index in [1.165, 1.54) is 17.0 Å². The Kier molecular flexibility index (Phi) is 12.5. The van der Waals surface area contributed by atoms with Gasteiger partial charge in [0.2, 0.25) is 17.7 Å². The summed E-state index contributed by atoms with van der Waals surface area (Å²) >= 11 is 0. The van der Waals surface area contributed by atoms with Crippen molar-refractivity contribution >= 4 is 29.8 Å². The average molecular weight is 537 g/mol. The van der Waals surface area contributed by atoms with E-state index in [0.717, 1.165) is 0 Å². The van der Waals surface area contributed by atoms with Crippen LogP contribution >= 0.6 is 0 Å². The molecule has 12 nitrogen and oxygen atoms in total. The number of phenolic OH excluding ortho intramolecular Hbond substituents is 1. The first-order valence-electron chi connectivity index (χ1n) is 12.5. The maximum Gasteiger partial charge on any atom is 0.408 e. The zero-order valence-electron chi connectivity index (χ0n) is 23.0. The molecule has 4 amide bonds. The number of primary amides is 1. The molecule has 0 heterocycles. The lowest BCUT2D eigenvalue weighted by molar-refractivity contribution is -0.144. The lowest BCUT2D eigenvalue weighted by Crippen LogP contribution is -2.54. The van der Waals surface area contributed by atoms with Crippen molar-refractivity contribution in [3.05, 3.63) is 29.3 Å². The number of esters is 1. The third-order valence-electron chi connectivity index (χ3n) is 5.17. The Hall–Kier alpha value is -3.83. The molecule has 212 valence electrons. The third-order valence-corrected chi connectivity index (χ3v) is 5.17. The van der Waals surface area contributed by atoms with E-state index in [-0.39, 0.29) is 31.9 Å². The number of alkyl carbamates (subject to hydrolysis) is 1. The maximum absolute atomic E-state index is 13.8. The first-order chi connectivity index (χ1) is 17.7. The predicted molar refractivity (Wildman–Crippen MR) is 139 cm³/mol. The number of nitrogens with one attached hydrogen (secondary N) is 2. The van der Waals surface area contributed by atoms with Gasteiger partial charge in [0.1, 0.15) is 23.4 Å². The highest BCUT2D eigenvalue weighted by molar-refractivity contribution is 5.94. The number of amides is 4. The number of hydrogen-bond donors (Lipinski definition) is 4. The molecule has 0 aliphatic heterocycles. The number of carbonyl (C=O) groups excluding carboxylic acids is 5. The molecule has 0 radical (unpaired) electrons. The molecule has 2 unspecified atom stereocenters. The smallest absolute Gasteiger partial charge is 0.408 e. The van der Waals surface area contributed by atoms with E-state index < -0.39 is 53.9 Å². The molecule has 12 heteroatoms. The Bertz CT molecular complexity index is 1010. The fourth-order valence-electron chi connectivity index (χ4n) is 3.60. The number of aromatic hydroxyl groups is 1. The van der Waals surface area contributed by atoms with Crippen molar-refractivity contribution in [2.24, 2.45) is 5.73 Å². The number of hydrogen-bond acceptors (Lipinski definition) is 8. The van der Waals surface area contributed by atoms with Gasteiger partial charge in [0.15, 0.2) is 0 Å². The summed E-state index contributed by atoms with van der Waals surface area (Å²) in [7, 11) is 0. The number of ether oxygens (including phenoxy) is 2. The molecule has 0 spiro atoms. The number of rotatable bonds is 13. The van der Waals surface area contributed by atoms with Gasteiger partial charge in [-0.25, -0.2) is 4.79 Å². The van der Waals surface area contributed by atoms with E-state index in [1.807, 2.05) is 0 Å². The Labute approximate surface area is 223 Å². The van der Waals surface area contributed by atoms with Crippen molar-refractivity contribution in [2.75, 3.05) is 19.7 Å². The number of phenols is 1. The van der Waals surface area contributed by atoms with Crippen LogP contribution in [0, 0.1) is 6.92 Å². The minimum Gasteiger partial charge on any atom is -0.508 e. The molecule has 0 saturated carbocycles. The number of nitrogens with zero attached hydrogens (tertiary/aromatic N) is 1. The normalized spacial score (nSPS) is 12.6. The van der Waals surface area contributed by atoms with Crippen LogP contribution in [0.4, 0.5) is 4.79 Å². The highest BCUT2D eigenvalue weighted by Crippen LogP contribution is 2.27. The van der Waals surface area contributed by atoms with Crippen LogP contribution in [-0.2, 0) is 28.7 Å². The highest BCUT2D eigenvalue weighted by atomic mass is 16.6. The summed E-state index contributed by atoms with van der Waals surface area (Å²) in [6.45, 7) is 10.3. The minimum absolute atomic E-state index is 0.00165. The lowest BCUT2D eigenvalue weighted by atomic mass is 9.99. The summed E-state index contributed by atoms with van der Waals surface area (Å²) in [6.07, 6.45) is -1.09. The second-order valence-electron chi connectivity index (χ2n) is 9.70. The van der Waals surface area contributed by atoms with Gasteiger partial charge in [-0.1, -0.05) is 13.0 Å². The lowest BCUT2D eigenvalue weighted by Gasteiger charge is -2.34. The Morgan fingerprint density at radius 3 is 2.32 bits per heavy atom. The molecule has 5 N–H and O–H groups in total. The van der Waals surface area contributed by atoms with Gasteiger partial charge in [0.05, 0.1) is 19.4 Å². The van der Waals surface area contributed by atoms with Crippen LogP contribution in [0.25, 0.3) is 0 Å². The van der Waals surface area contributed by atoms with Crippen molar-refractivity contribution in [1.82, 2.24) is 15.5 Å². The molecular formula is C26H40N4O8. The SMILES string of the molecule is CCCN(C(=O)C(CC(N)=O)NC(=O)OC(C)(C)C)C(C(=O)NCCC(=O)OCC)c1ccc(O)c(C)c1. The number of carbonyl (C=O) groups is 5. The quantitative estimate of drug-likeness (QED) is 0.276. The summed E-state index contributed by atoms with van der Waals surface area (Å²) in [5.74, 6) is -2.66. The molecule has 0 aromatic heterocycles. The minimum atomic E-state index is -1.40. The summed E-state index contributed by atoms with van der Waals surface area (Å²) in [5, 5.41) is 15.0. The Morgan fingerprint density at radius 1 is 1.13 bits per heavy atom. The van der Waals surface area contributed by atoms with Gasteiger partial charge in [0, 0.05) is 13.1 Å². The van der Waals surface area contributed by atoms with Gasteiger partial charge in [-0.2, -0.15) is 0 Å². The van der Waals surface area contributed by atoms with Crippen LogP contribution in [0.5, 0.6) is 5.75 Å². The topological polar surface area (TPSA) is 177 Å². The number of benzene rings is 1. The monoisotopic (exact) mass is 536 g/mol. The van der Waals surface area contributed by atoms with Gasteiger partial charge in [-0.3, -0.25) is 19.2 Å². The van der Waals surface area contributed by atoms with Gasteiger partial charge in [-0.05, 0) is 64.3 Å². The van der Waals surface area contributed by atoms with E-state index >= 15 is 0 Å². The molecule has 0 bridgehead atoms. The predicted octanol–water partition coefficient (Wildman–Crippen LogP) is 1.82. The van der Waals surface area contributed by atoms with Crippen LogP contribution in [0.2, 0.25) is 0 Å². The second kappa shape index (κ2) is 14.8. The summed E-state index contributed by atoms with van der Waals surface area (Å²) in [4.78, 5) is 64.4. The van der Waals surface area contributed by atoms with E-state index in [9.17, 15) is 29.1 Å². The van der Waals surface area contributed by atoms with E-state index in [2.05, 4.69) is 10.6 Å². The molecule has 0 aliphatic rings. The van der Waals surface area contributed by atoms with E-state index in [1.54, 1.807) is 47.6 Å². The second-order valence-corrected chi connectivity index (χ2v) is 9.70. The molecule has 2 atom stereocenters. The summed E-state index contributed by atoms with van der Waals surface area (Å²) in [5.41, 5.74) is 5.34. The van der Waals surface area contributed by atoms with Crippen LogP contribution < -0.4 is 16.4 Å². The zero-order chi connectivity index (χ0) is 29.0. The van der Waals surface area contributed by atoms with Crippen molar-refractivity contribution in [1.29, 1.82) is 0 Å². The summed E-state index contributed by atoms with van der Waals surface area (Å²) < 4.78 is 10.1. The summed E-state index contributed by atoms with van der Waals surface area (Å²) in [6, 6.07) is 1.85. The highest BCUT2D eigenvalue weighted by Gasteiger charge is 2.36. The Balaban J connectivity index is 3.41. The molecule has 1 aromatic rings. The zero-order valence-corrected chi connectivity index (χ0v) is 23.0. The van der Waals surface area contributed by atoms with Crippen molar-refractivity contribution in [3.63, 3.8) is 0 Å². The van der Waals surface area contributed by atoms with Crippen molar-refractivity contribution in [3.8, 4) is 5.75 Å². The van der Waals surface area contributed by atoms with Crippen LogP contribution in [0.1, 0.15) is 71.0 Å². The molecule has 0 saturated heterocycles. The number of aryl methyl sites for hydroxylation is 1. The van der Waals surface area contributed by atoms with Crippen LogP contribution in [0.15, 0.2) is 18.2 Å². The average Bonchev–Trinajstić information content (AvgIpc) is 2.78. The van der Waals surface area contributed by atoms with E-state index in [4.69, 9.17) is 15.2 Å². The molecule has 0 aliphatic carbocycles. The van der Waals surface area contributed by atoms with Crippen LogP contribution in [0.3, 0.4) is 0 Å². The molecule has 1 rings (SSSR count). The van der Waals surface area contributed by atoms with Gasteiger partial charge in [-0.15, -0.1) is 0 Å². The first kappa shape index (κ1) is 32.2. The van der Waals surface area contributed by atoms with Gasteiger partial charge in [0.25, 0.3) is 0 Å².